The van der Waals surface area contributed by atoms with Gasteiger partial charge in [0.25, 0.3) is 0 Å². The summed E-state index contributed by atoms with van der Waals surface area (Å²) in [6, 6.07) is 12.2. The molecule has 0 unspecified atom stereocenters. The van der Waals surface area contributed by atoms with Gasteiger partial charge in [-0.15, -0.1) is 11.3 Å². The van der Waals surface area contributed by atoms with Gasteiger partial charge in [-0.3, -0.25) is 0 Å². The van der Waals surface area contributed by atoms with Crippen molar-refractivity contribution in [3.05, 3.63) is 52.2 Å². The number of thiocarbonyl (C=S) groups is 1. The van der Waals surface area contributed by atoms with Crippen LogP contribution in [0.4, 0.5) is 5.69 Å². The van der Waals surface area contributed by atoms with Crippen molar-refractivity contribution in [2.45, 2.75) is 19.8 Å². The van der Waals surface area contributed by atoms with Gasteiger partial charge in [0.1, 0.15) is 0 Å². The lowest BCUT2D eigenvalue weighted by Crippen LogP contribution is -2.27. The Balaban J connectivity index is 2.04. The second kappa shape index (κ2) is 7.33. The van der Waals surface area contributed by atoms with Gasteiger partial charge in [-0.1, -0.05) is 38.1 Å². The van der Waals surface area contributed by atoms with Gasteiger partial charge in [0, 0.05) is 17.6 Å². The quantitative estimate of drug-likeness (QED) is 0.510. The summed E-state index contributed by atoms with van der Waals surface area (Å²) in [5.74, 6) is 0.441. The molecule has 5 heteroatoms. The molecule has 0 aliphatic rings. The smallest absolute Gasteiger partial charge is 0.193 e. The van der Waals surface area contributed by atoms with Crippen LogP contribution in [0.5, 0.6) is 0 Å². The lowest BCUT2D eigenvalue weighted by atomic mass is 10.0. The highest BCUT2D eigenvalue weighted by Gasteiger charge is 2.09. The van der Waals surface area contributed by atoms with Gasteiger partial charge < -0.3 is 5.32 Å². The van der Waals surface area contributed by atoms with Gasteiger partial charge in [0.15, 0.2) is 5.11 Å². The van der Waals surface area contributed by atoms with Crippen LogP contribution in [-0.4, -0.2) is 23.4 Å². The molecule has 1 heterocycles. The van der Waals surface area contributed by atoms with Crippen molar-refractivity contribution in [1.82, 2.24) is 5.01 Å². The SMILES string of the molecule is CC(C)c1ccccc1NC(=S)N(C)/N=C/c1cccs1. The van der Waals surface area contributed by atoms with E-state index in [1.165, 1.54) is 5.56 Å². The predicted molar refractivity (Wildman–Crippen MR) is 96.4 cm³/mol. The first-order chi connectivity index (χ1) is 10.1. The van der Waals surface area contributed by atoms with Crippen molar-refractivity contribution in [3.8, 4) is 0 Å². The first-order valence-corrected chi connectivity index (χ1v) is 8.08. The molecule has 0 aliphatic carbocycles. The number of hydrazone groups is 1. The van der Waals surface area contributed by atoms with Crippen molar-refractivity contribution in [2.24, 2.45) is 5.10 Å². The lowest BCUT2D eigenvalue weighted by Gasteiger charge is -2.19. The molecule has 0 aliphatic heterocycles. The van der Waals surface area contributed by atoms with E-state index < -0.39 is 0 Å². The fraction of sp³-hybridized carbons (Fsp3) is 0.250. The monoisotopic (exact) mass is 317 g/mol. The predicted octanol–water partition coefficient (Wildman–Crippen LogP) is 4.53. The van der Waals surface area contributed by atoms with E-state index in [-0.39, 0.29) is 0 Å². The van der Waals surface area contributed by atoms with E-state index in [9.17, 15) is 0 Å². The van der Waals surface area contributed by atoms with Crippen molar-refractivity contribution in [3.63, 3.8) is 0 Å². The summed E-state index contributed by atoms with van der Waals surface area (Å²) in [6.07, 6.45) is 1.81. The number of anilines is 1. The molecule has 1 N–H and O–H groups in total. The second-order valence-corrected chi connectivity index (χ2v) is 6.32. The molecule has 0 saturated heterocycles. The van der Waals surface area contributed by atoms with Gasteiger partial charge in [0.2, 0.25) is 0 Å². The van der Waals surface area contributed by atoms with Crippen LogP contribution in [0.3, 0.4) is 0 Å². The van der Waals surface area contributed by atoms with Crippen LogP contribution in [0.1, 0.15) is 30.2 Å². The Hall–Kier alpha value is -1.72. The maximum Gasteiger partial charge on any atom is 0.193 e. The number of para-hydroxylation sites is 1. The van der Waals surface area contributed by atoms with Crippen molar-refractivity contribution in [2.75, 3.05) is 12.4 Å². The molecule has 0 fully saturated rings. The molecule has 0 radical (unpaired) electrons. The summed E-state index contributed by atoms with van der Waals surface area (Å²) in [4.78, 5) is 1.10. The minimum absolute atomic E-state index is 0.441. The van der Waals surface area contributed by atoms with Gasteiger partial charge in [-0.25, -0.2) is 5.01 Å². The first kappa shape index (κ1) is 15.7. The second-order valence-electron chi connectivity index (χ2n) is 4.96. The molecular weight excluding hydrogens is 298 g/mol. The van der Waals surface area contributed by atoms with Crippen molar-refractivity contribution >= 4 is 40.6 Å². The summed E-state index contributed by atoms with van der Waals surface area (Å²) < 4.78 is 0. The van der Waals surface area contributed by atoms with Gasteiger partial charge in [-0.05, 0) is 41.2 Å². The van der Waals surface area contributed by atoms with Gasteiger partial charge in [0.05, 0.1) is 6.21 Å². The molecule has 0 saturated carbocycles. The zero-order chi connectivity index (χ0) is 15.2. The molecule has 2 rings (SSSR count). The highest BCUT2D eigenvalue weighted by molar-refractivity contribution is 7.80. The van der Waals surface area contributed by atoms with E-state index in [0.717, 1.165) is 10.6 Å². The lowest BCUT2D eigenvalue weighted by molar-refractivity contribution is 0.557. The molecule has 0 bridgehead atoms. The zero-order valence-electron chi connectivity index (χ0n) is 12.4. The van der Waals surface area contributed by atoms with Crippen LogP contribution in [0.2, 0.25) is 0 Å². The molecule has 110 valence electrons. The molecule has 0 atom stereocenters. The highest BCUT2D eigenvalue weighted by atomic mass is 32.1. The van der Waals surface area contributed by atoms with E-state index >= 15 is 0 Å². The summed E-state index contributed by atoms with van der Waals surface area (Å²) in [5, 5.41) is 11.9. The summed E-state index contributed by atoms with van der Waals surface area (Å²) in [5.41, 5.74) is 2.28. The summed E-state index contributed by atoms with van der Waals surface area (Å²) in [6.45, 7) is 4.34. The molecular formula is C16H19N3S2. The third kappa shape index (κ3) is 4.37. The molecule has 2 aromatic rings. The summed E-state index contributed by atoms with van der Waals surface area (Å²) >= 11 is 7.05. The average molecular weight is 317 g/mol. The van der Waals surface area contributed by atoms with Crippen LogP contribution in [-0.2, 0) is 0 Å². The summed E-state index contributed by atoms with van der Waals surface area (Å²) in [7, 11) is 1.84. The van der Waals surface area contributed by atoms with Crippen LogP contribution < -0.4 is 5.32 Å². The van der Waals surface area contributed by atoms with Crippen molar-refractivity contribution < 1.29 is 0 Å². The third-order valence-electron chi connectivity index (χ3n) is 3.02. The van der Waals surface area contributed by atoms with Crippen LogP contribution in [0.15, 0.2) is 46.9 Å². The third-order valence-corrected chi connectivity index (χ3v) is 4.19. The van der Waals surface area contributed by atoms with Gasteiger partial charge >= 0.3 is 0 Å². The number of benzene rings is 1. The van der Waals surface area contributed by atoms with E-state index in [2.05, 4.69) is 30.3 Å². The van der Waals surface area contributed by atoms with E-state index in [4.69, 9.17) is 12.2 Å². The minimum Gasteiger partial charge on any atom is -0.331 e. The number of nitrogens with zero attached hydrogens (tertiary/aromatic N) is 2. The Labute approximate surface area is 135 Å². The zero-order valence-corrected chi connectivity index (χ0v) is 14.0. The van der Waals surface area contributed by atoms with Crippen LogP contribution in [0, 0.1) is 0 Å². The standard InChI is InChI=1S/C16H19N3S2/c1-12(2)14-8-4-5-9-15(14)18-16(20)19(3)17-11-13-7-6-10-21-13/h4-12H,1-3H3,(H,18,20)/b17-11+. The highest BCUT2D eigenvalue weighted by Crippen LogP contribution is 2.23. The minimum atomic E-state index is 0.441. The normalized spacial score (nSPS) is 11.0. The Morgan fingerprint density at radius 2 is 2.05 bits per heavy atom. The Kier molecular flexibility index (Phi) is 5.47. The maximum absolute atomic E-state index is 5.40. The first-order valence-electron chi connectivity index (χ1n) is 6.79. The molecule has 1 aromatic heterocycles. The van der Waals surface area contributed by atoms with E-state index in [1.54, 1.807) is 16.3 Å². The Bertz CT molecular complexity index is 618. The fourth-order valence-corrected chi connectivity index (χ4v) is 2.61. The van der Waals surface area contributed by atoms with E-state index in [1.807, 2.05) is 49.0 Å². The maximum atomic E-state index is 5.40. The number of thiophene rings is 1. The molecule has 0 amide bonds. The number of nitrogens with one attached hydrogen (secondary N) is 1. The number of hydrogen-bond acceptors (Lipinski definition) is 3. The molecule has 1 aromatic carbocycles. The Morgan fingerprint density at radius 1 is 1.29 bits per heavy atom. The number of hydrogen-bond donors (Lipinski definition) is 1. The topological polar surface area (TPSA) is 27.6 Å². The molecule has 21 heavy (non-hydrogen) atoms. The average Bonchev–Trinajstić information content (AvgIpc) is 2.98. The Morgan fingerprint density at radius 3 is 2.71 bits per heavy atom. The molecule has 0 spiro atoms. The van der Waals surface area contributed by atoms with E-state index in [0.29, 0.717) is 11.0 Å². The van der Waals surface area contributed by atoms with Crippen LogP contribution >= 0.6 is 23.6 Å². The van der Waals surface area contributed by atoms with Gasteiger partial charge in [-0.2, -0.15) is 5.10 Å². The van der Waals surface area contributed by atoms with Crippen molar-refractivity contribution in [1.29, 1.82) is 0 Å². The molecule has 3 nitrogen and oxygen atoms in total. The number of rotatable bonds is 4. The largest absolute Gasteiger partial charge is 0.331 e. The fourth-order valence-electron chi connectivity index (χ4n) is 1.87. The van der Waals surface area contributed by atoms with Crippen LogP contribution in [0.25, 0.3) is 0 Å².